The van der Waals surface area contributed by atoms with Gasteiger partial charge in [-0.05, 0) is 61.3 Å². The van der Waals surface area contributed by atoms with Gasteiger partial charge in [0.2, 0.25) is 0 Å². The molecule has 158 valence electrons. The molecule has 6 heteroatoms. The number of hydrogen-bond acceptors (Lipinski definition) is 4. The molecule has 0 bridgehead atoms. The maximum Gasteiger partial charge on any atom is 0.415 e. The Bertz CT molecular complexity index is 1010. The summed E-state index contributed by atoms with van der Waals surface area (Å²) in [6.45, 7) is 6.35. The minimum atomic E-state index is -0.640. The number of carbonyl (C=O) groups excluding carboxylic acids is 2. The second kappa shape index (κ2) is 9.17. The molecular weight excluding hydrogens is 385 g/mol. The number of terminal acetylenes is 1. The maximum atomic E-state index is 14.2. The average Bonchev–Trinajstić information content (AvgIpc) is 2.73. The van der Waals surface area contributed by atoms with Crippen LogP contribution in [-0.2, 0) is 9.53 Å². The Labute approximate surface area is 176 Å². The molecule has 1 atom stereocenters. The van der Waals surface area contributed by atoms with Crippen LogP contribution in [0.2, 0.25) is 0 Å². The van der Waals surface area contributed by atoms with E-state index in [2.05, 4.69) is 5.92 Å². The summed E-state index contributed by atoms with van der Waals surface area (Å²) in [6, 6.07) is 5.68. The Morgan fingerprint density at radius 3 is 2.73 bits per heavy atom. The first-order valence-corrected chi connectivity index (χ1v) is 10.2. The molecule has 0 saturated carbocycles. The number of rotatable bonds is 4. The highest BCUT2D eigenvalue weighted by molar-refractivity contribution is 5.93. The molecule has 0 radical (unpaired) electrons. The second-order valence-corrected chi connectivity index (χ2v) is 7.66. The summed E-state index contributed by atoms with van der Waals surface area (Å²) in [7, 11) is 0. The van der Waals surface area contributed by atoms with E-state index in [0.717, 1.165) is 18.4 Å². The number of hydrogen-bond donors (Lipinski definition) is 0. The number of likely N-dealkylation sites (tertiary alicyclic amines) is 1. The molecule has 0 aromatic heterocycles. The predicted octanol–water partition coefficient (Wildman–Crippen LogP) is 5.00. The van der Waals surface area contributed by atoms with Crippen LogP contribution in [0.5, 0.6) is 5.75 Å². The number of carbonyl (C=O) groups is 2. The van der Waals surface area contributed by atoms with Gasteiger partial charge in [-0.1, -0.05) is 25.8 Å². The molecular formula is C24H26FNO4. The molecule has 1 saturated heterocycles. The molecule has 0 N–H and O–H groups in total. The summed E-state index contributed by atoms with van der Waals surface area (Å²) in [5.74, 6) is 1.93. The van der Waals surface area contributed by atoms with Crippen LogP contribution in [0.4, 0.5) is 9.18 Å². The molecule has 2 aromatic carbocycles. The van der Waals surface area contributed by atoms with Gasteiger partial charge < -0.3 is 9.47 Å². The molecule has 5 nitrogen and oxygen atoms in total. The zero-order valence-electron chi connectivity index (χ0n) is 17.5. The number of benzene rings is 2. The van der Waals surface area contributed by atoms with E-state index < -0.39 is 23.9 Å². The number of halogens is 1. The largest absolute Gasteiger partial charge is 0.464 e. The zero-order chi connectivity index (χ0) is 21.8. The smallest absolute Gasteiger partial charge is 0.415 e. The third-order valence-electron chi connectivity index (χ3n) is 5.34. The fourth-order valence-electron chi connectivity index (χ4n) is 3.89. The van der Waals surface area contributed by atoms with Gasteiger partial charge in [-0.15, -0.1) is 6.42 Å². The Balaban J connectivity index is 1.95. The molecule has 1 fully saturated rings. The molecule has 0 aliphatic carbocycles. The number of fused-ring (bicyclic) bond motifs is 1. The number of amides is 1. The molecule has 3 rings (SSSR count). The van der Waals surface area contributed by atoms with Crippen molar-refractivity contribution in [1.82, 2.24) is 4.90 Å². The standard InChI is InChI=1S/C24H26FNO4/c1-5-18-20(25)11-10-16-13-17(14-19(15(3)4)22(16)18)30-24(28)26-12-8-7-9-21(26)23(27)29-6-2/h1,10-11,13-15,21H,6-9,12H2,2-4H3. The van der Waals surface area contributed by atoms with Gasteiger partial charge in [-0.25, -0.2) is 14.0 Å². The quantitative estimate of drug-likeness (QED) is 0.525. The molecule has 30 heavy (non-hydrogen) atoms. The first kappa shape index (κ1) is 21.6. The van der Waals surface area contributed by atoms with Crippen LogP contribution in [0.1, 0.15) is 57.1 Å². The first-order chi connectivity index (χ1) is 14.4. The predicted molar refractivity (Wildman–Crippen MR) is 113 cm³/mol. The van der Waals surface area contributed by atoms with E-state index in [-0.39, 0.29) is 18.1 Å². The molecule has 1 aliphatic heterocycles. The summed E-state index contributed by atoms with van der Waals surface area (Å²) in [5.41, 5.74) is 0.996. The normalized spacial score (nSPS) is 16.4. The van der Waals surface area contributed by atoms with Crippen LogP contribution in [0, 0.1) is 18.2 Å². The van der Waals surface area contributed by atoms with E-state index in [0.29, 0.717) is 29.5 Å². The van der Waals surface area contributed by atoms with Gasteiger partial charge in [0.05, 0.1) is 12.2 Å². The van der Waals surface area contributed by atoms with Crippen molar-refractivity contribution in [3.05, 3.63) is 41.2 Å². The van der Waals surface area contributed by atoms with Gasteiger partial charge in [0.15, 0.2) is 0 Å². The van der Waals surface area contributed by atoms with E-state index >= 15 is 0 Å². The molecule has 1 unspecified atom stereocenters. The number of piperidine rings is 1. The van der Waals surface area contributed by atoms with E-state index in [1.54, 1.807) is 25.1 Å². The molecule has 0 spiro atoms. The summed E-state index contributed by atoms with van der Waals surface area (Å²) in [6.07, 6.45) is 7.14. The van der Waals surface area contributed by atoms with Gasteiger partial charge in [0, 0.05) is 11.9 Å². The van der Waals surface area contributed by atoms with Gasteiger partial charge in [0.1, 0.15) is 17.6 Å². The summed E-state index contributed by atoms with van der Waals surface area (Å²) < 4.78 is 25.0. The van der Waals surface area contributed by atoms with Crippen LogP contribution in [0.3, 0.4) is 0 Å². The van der Waals surface area contributed by atoms with E-state index in [1.165, 1.54) is 11.0 Å². The Morgan fingerprint density at radius 2 is 2.07 bits per heavy atom. The highest BCUT2D eigenvalue weighted by atomic mass is 19.1. The highest BCUT2D eigenvalue weighted by Gasteiger charge is 2.34. The second-order valence-electron chi connectivity index (χ2n) is 7.66. The molecule has 1 heterocycles. The number of ether oxygens (including phenoxy) is 2. The number of nitrogens with zero attached hydrogens (tertiary/aromatic N) is 1. The Kier molecular flexibility index (Phi) is 6.61. The minimum absolute atomic E-state index is 0.0299. The molecule has 2 aromatic rings. The minimum Gasteiger partial charge on any atom is -0.464 e. The lowest BCUT2D eigenvalue weighted by atomic mass is 9.92. The summed E-state index contributed by atoms with van der Waals surface area (Å²) in [5, 5.41) is 1.34. The van der Waals surface area contributed by atoms with Crippen molar-refractivity contribution in [2.45, 2.75) is 52.0 Å². The van der Waals surface area contributed by atoms with Crippen LogP contribution in [0.25, 0.3) is 10.8 Å². The third kappa shape index (κ3) is 4.25. The monoisotopic (exact) mass is 411 g/mol. The summed E-state index contributed by atoms with van der Waals surface area (Å²) >= 11 is 0. The van der Waals surface area contributed by atoms with E-state index in [4.69, 9.17) is 15.9 Å². The Morgan fingerprint density at radius 1 is 1.30 bits per heavy atom. The maximum absolute atomic E-state index is 14.2. The van der Waals surface area contributed by atoms with Crippen molar-refractivity contribution in [2.75, 3.05) is 13.2 Å². The topological polar surface area (TPSA) is 55.8 Å². The lowest BCUT2D eigenvalue weighted by Gasteiger charge is -2.33. The molecule has 1 amide bonds. The van der Waals surface area contributed by atoms with E-state index in [9.17, 15) is 14.0 Å². The average molecular weight is 411 g/mol. The van der Waals surface area contributed by atoms with Gasteiger partial charge in [-0.2, -0.15) is 0 Å². The van der Waals surface area contributed by atoms with Crippen LogP contribution < -0.4 is 4.74 Å². The third-order valence-corrected chi connectivity index (χ3v) is 5.34. The van der Waals surface area contributed by atoms with Crippen molar-refractivity contribution < 1.29 is 23.5 Å². The summed E-state index contributed by atoms with van der Waals surface area (Å²) in [4.78, 5) is 26.6. The zero-order valence-corrected chi connectivity index (χ0v) is 17.5. The van der Waals surface area contributed by atoms with Crippen molar-refractivity contribution in [3.63, 3.8) is 0 Å². The molecule has 1 aliphatic rings. The fourth-order valence-corrected chi connectivity index (χ4v) is 3.89. The highest BCUT2D eigenvalue weighted by Crippen LogP contribution is 2.34. The Hall–Kier alpha value is -3.07. The fraction of sp³-hybridized carbons (Fsp3) is 0.417. The lowest BCUT2D eigenvalue weighted by molar-refractivity contribution is -0.149. The van der Waals surface area contributed by atoms with Crippen molar-refractivity contribution in [3.8, 4) is 18.1 Å². The van der Waals surface area contributed by atoms with Crippen molar-refractivity contribution >= 4 is 22.8 Å². The lowest BCUT2D eigenvalue weighted by Crippen LogP contribution is -2.49. The first-order valence-electron chi connectivity index (χ1n) is 10.2. The van der Waals surface area contributed by atoms with Crippen molar-refractivity contribution in [2.24, 2.45) is 0 Å². The van der Waals surface area contributed by atoms with Gasteiger partial charge in [0.25, 0.3) is 0 Å². The van der Waals surface area contributed by atoms with Crippen LogP contribution >= 0.6 is 0 Å². The SMILES string of the molecule is C#Cc1c(F)ccc2cc(OC(=O)N3CCCCC3C(=O)OCC)cc(C(C)C)c12. The van der Waals surface area contributed by atoms with Crippen molar-refractivity contribution in [1.29, 1.82) is 0 Å². The van der Waals surface area contributed by atoms with Crippen LogP contribution in [-0.4, -0.2) is 36.2 Å². The van der Waals surface area contributed by atoms with Gasteiger partial charge >= 0.3 is 12.1 Å². The number of esters is 1. The van der Waals surface area contributed by atoms with Crippen LogP contribution in [0.15, 0.2) is 24.3 Å². The van der Waals surface area contributed by atoms with E-state index in [1.807, 2.05) is 13.8 Å². The van der Waals surface area contributed by atoms with Gasteiger partial charge in [-0.3, -0.25) is 4.90 Å².